The highest BCUT2D eigenvalue weighted by molar-refractivity contribution is 7.41. The van der Waals surface area contributed by atoms with E-state index in [9.17, 15) is 0 Å². The molecule has 9 aliphatic rings. The first-order valence-corrected chi connectivity index (χ1v) is 20.4. The Hall–Kier alpha value is -0.290. The third-order valence-electron chi connectivity index (χ3n) is 10.9. The predicted molar refractivity (Wildman–Crippen MR) is 182 cm³/mol. The van der Waals surface area contributed by atoms with Crippen LogP contribution in [0.3, 0.4) is 0 Å². The Morgan fingerprint density at radius 2 is 0.618 bits per heavy atom. The summed E-state index contributed by atoms with van der Waals surface area (Å²) in [5.41, 5.74) is 0. The molecule has 9 heterocycles. The van der Waals surface area contributed by atoms with Crippen LogP contribution in [-0.2, 0) is 84.6 Å². The molecular formula is C36H57O18P. The molecule has 0 aromatic heterocycles. The van der Waals surface area contributed by atoms with Gasteiger partial charge < -0.3 is 84.6 Å². The molecule has 0 aromatic carbocycles. The lowest BCUT2D eigenvalue weighted by Gasteiger charge is -2.35. The second-order valence-corrected chi connectivity index (χ2v) is 19.3. The van der Waals surface area contributed by atoms with Gasteiger partial charge >= 0.3 is 8.60 Å². The SMILES string of the molecule is CC1(C)OCC([C@@H]2O[C@H]3OC(C)(C)O[C@H]3[C@@H]2OP(O[C@H]2[C@@H]3OC(C)(C)O[C@@H]3O[C@H]2C2COC(C)(C)O2)O[C@H]2[C@@H]3OC(C)(C)O[C@@H]3O[C@H]2C2COC(C)(C)O2)O1. The zero-order valence-corrected chi connectivity index (χ0v) is 34.5. The van der Waals surface area contributed by atoms with Crippen LogP contribution in [0.25, 0.3) is 0 Å². The van der Waals surface area contributed by atoms with E-state index >= 15 is 0 Å². The topological polar surface area (TPSA) is 166 Å². The minimum atomic E-state index is -2.39. The van der Waals surface area contributed by atoms with Crippen molar-refractivity contribution in [1.82, 2.24) is 0 Å². The van der Waals surface area contributed by atoms with Gasteiger partial charge in [-0.2, -0.15) is 0 Å². The van der Waals surface area contributed by atoms with E-state index < -0.39 is 135 Å². The molecule has 314 valence electrons. The lowest BCUT2D eigenvalue weighted by molar-refractivity contribution is -0.236. The molecule has 15 atom stereocenters. The first-order chi connectivity index (χ1) is 25.5. The van der Waals surface area contributed by atoms with Crippen LogP contribution in [0.1, 0.15) is 83.1 Å². The average molecular weight is 809 g/mol. The van der Waals surface area contributed by atoms with Crippen LogP contribution in [0.2, 0.25) is 0 Å². The van der Waals surface area contributed by atoms with E-state index in [1.54, 1.807) is 0 Å². The summed E-state index contributed by atoms with van der Waals surface area (Å²) in [4.78, 5) is 0. The van der Waals surface area contributed by atoms with E-state index in [1.807, 2.05) is 83.1 Å². The second kappa shape index (κ2) is 13.6. The number of hydrogen-bond donors (Lipinski definition) is 0. The van der Waals surface area contributed by atoms with Crippen LogP contribution < -0.4 is 0 Å². The highest BCUT2D eigenvalue weighted by Crippen LogP contribution is 2.56. The summed E-state index contributed by atoms with van der Waals surface area (Å²) in [5, 5.41) is 0. The van der Waals surface area contributed by atoms with Crippen LogP contribution in [-0.4, -0.2) is 147 Å². The summed E-state index contributed by atoms with van der Waals surface area (Å²) in [6.45, 7) is 22.8. The maximum Gasteiger partial charge on any atom is 0.334 e. The van der Waals surface area contributed by atoms with Crippen LogP contribution in [0, 0.1) is 0 Å². The zero-order valence-electron chi connectivity index (χ0n) is 33.6. The lowest BCUT2D eigenvalue weighted by atomic mass is 10.1. The van der Waals surface area contributed by atoms with Gasteiger partial charge in [0.15, 0.2) is 53.6 Å². The maximum absolute atomic E-state index is 7.05. The first kappa shape index (κ1) is 40.1. The van der Waals surface area contributed by atoms with E-state index in [4.69, 9.17) is 84.6 Å². The van der Waals surface area contributed by atoms with Gasteiger partial charge in [-0.1, -0.05) is 0 Å². The van der Waals surface area contributed by atoms with E-state index in [1.165, 1.54) is 0 Å². The van der Waals surface area contributed by atoms with Gasteiger partial charge in [-0.3, -0.25) is 0 Å². The molecule has 0 radical (unpaired) electrons. The highest BCUT2D eigenvalue weighted by atomic mass is 31.2. The van der Waals surface area contributed by atoms with Crippen molar-refractivity contribution in [2.24, 2.45) is 0 Å². The van der Waals surface area contributed by atoms with E-state index in [0.29, 0.717) is 0 Å². The predicted octanol–water partition coefficient (Wildman–Crippen LogP) is 3.45. The van der Waals surface area contributed by atoms with Gasteiger partial charge in [-0.25, -0.2) is 0 Å². The summed E-state index contributed by atoms with van der Waals surface area (Å²) < 4.78 is 115. The van der Waals surface area contributed by atoms with Gasteiger partial charge in [0.1, 0.15) is 73.2 Å². The Labute approximate surface area is 322 Å². The minimum absolute atomic E-state index is 0.259. The van der Waals surface area contributed by atoms with Gasteiger partial charge in [0.05, 0.1) is 19.8 Å². The molecule has 19 heteroatoms. The van der Waals surface area contributed by atoms with E-state index in [0.717, 1.165) is 0 Å². The molecule has 9 fully saturated rings. The molecule has 0 aliphatic carbocycles. The number of fused-ring (bicyclic) bond motifs is 3. The van der Waals surface area contributed by atoms with Crippen molar-refractivity contribution in [3.05, 3.63) is 0 Å². The largest absolute Gasteiger partial charge is 0.348 e. The standard InChI is InChI=1S/C36H57O18P/c1-31(2)37-13-16(43-31)19-22(25-28(40-19)49-34(7,8)46-25)52-55(53-23-20(17-14-38-32(3,4)44-17)41-29-26(23)47-35(9,10)50-29)54-24-21(18-15-39-33(5,6)45-18)42-30-27(24)48-36(11,12)51-30/h16-30H,13-15H2,1-12H3/t16?,17?,18?,19-,20-,21-,22+,23+,24+,25-,26-,27-,28-,29-,30-,55?/m0/s1. The van der Waals surface area contributed by atoms with Crippen LogP contribution in [0.15, 0.2) is 0 Å². The lowest BCUT2D eigenvalue weighted by Crippen LogP contribution is -2.47. The number of rotatable bonds is 9. The summed E-state index contributed by atoms with van der Waals surface area (Å²) in [6.07, 6.45) is -10.3. The molecule has 0 bridgehead atoms. The monoisotopic (exact) mass is 808 g/mol. The molecule has 0 amide bonds. The molecule has 55 heavy (non-hydrogen) atoms. The molecule has 9 aliphatic heterocycles. The maximum atomic E-state index is 7.05. The Kier molecular flexibility index (Phi) is 9.93. The average Bonchev–Trinajstić information content (AvgIpc) is 3.92. The summed E-state index contributed by atoms with van der Waals surface area (Å²) in [6, 6.07) is 0. The van der Waals surface area contributed by atoms with Crippen molar-refractivity contribution in [3.8, 4) is 0 Å². The van der Waals surface area contributed by atoms with Crippen molar-refractivity contribution < 1.29 is 84.6 Å². The Morgan fingerprint density at radius 1 is 0.345 bits per heavy atom. The summed E-state index contributed by atoms with van der Waals surface area (Å²) in [7, 11) is -2.39. The van der Waals surface area contributed by atoms with Gasteiger partial charge in [0.2, 0.25) is 0 Å². The summed E-state index contributed by atoms with van der Waals surface area (Å²) in [5.74, 6) is -5.36. The molecular weight excluding hydrogens is 751 g/mol. The van der Waals surface area contributed by atoms with Crippen molar-refractivity contribution >= 4 is 8.60 Å². The van der Waals surface area contributed by atoms with E-state index in [-0.39, 0.29) is 19.8 Å². The Balaban J connectivity index is 1.06. The molecule has 0 aromatic rings. The molecule has 0 N–H and O–H groups in total. The third kappa shape index (κ3) is 7.91. The smallest absolute Gasteiger partial charge is 0.334 e. The molecule has 9 saturated heterocycles. The van der Waals surface area contributed by atoms with Gasteiger partial charge in [-0.05, 0) is 83.1 Å². The van der Waals surface area contributed by atoms with Crippen molar-refractivity contribution in [2.45, 2.75) is 210 Å². The molecule has 18 nitrogen and oxygen atoms in total. The highest BCUT2D eigenvalue weighted by Gasteiger charge is 2.65. The third-order valence-corrected chi connectivity index (χ3v) is 12.1. The Morgan fingerprint density at radius 3 is 0.855 bits per heavy atom. The molecule has 0 saturated carbocycles. The minimum Gasteiger partial charge on any atom is -0.348 e. The fourth-order valence-corrected chi connectivity index (χ4v) is 10.2. The van der Waals surface area contributed by atoms with Crippen LogP contribution in [0.5, 0.6) is 0 Å². The van der Waals surface area contributed by atoms with Gasteiger partial charge in [0.25, 0.3) is 0 Å². The van der Waals surface area contributed by atoms with Crippen LogP contribution >= 0.6 is 8.60 Å². The quantitative estimate of drug-likeness (QED) is 0.311. The van der Waals surface area contributed by atoms with Crippen molar-refractivity contribution in [3.63, 3.8) is 0 Å². The first-order valence-electron chi connectivity index (χ1n) is 19.3. The zero-order chi connectivity index (χ0) is 39.1. The van der Waals surface area contributed by atoms with Crippen molar-refractivity contribution in [1.29, 1.82) is 0 Å². The second-order valence-electron chi connectivity index (χ2n) is 18.2. The van der Waals surface area contributed by atoms with Gasteiger partial charge in [-0.15, -0.1) is 0 Å². The Bertz CT molecular complexity index is 1280. The molecule has 3 unspecified atom stereocenters. The fraction of sp³-hybridized carbons (Fsp3) is 1.00. The van der Waals surface area contributed by atoms with Crippen molar-refractivity contribution in [2.75, 3.05) is 19.8 Å². The molecule has 0 spiro atoms. The van der Waals surface area contributed by atoms with E-state index in [2.05, 4.69) is 0 Å². The van der Waals surface area contributed by atoms with Gasteiger partial charge in [0, 0.05) is 0 Å². The fourth-order valence-electron chi connectivity index (χ4n) is 8.77. The number of ether oxygens (including phenoxy) is 15. The molecule has 9 rings (SSSR count). The normalized spacial score (nSPS) is 50.1. The van der Waals surface area contributed by atoms with Crippen LogP contribution in [0.4, 0.5) is 0 Å². The summed E-state index contributed by atoms with van der Waals surface area (Å²) >= 11 is 0. The number of hydrogen-bond acceptors (Lipinski definition) is 18.